The highest BCUT2D eigenvalue weighted by Gasteiger charge is 2.21. The van der Waals surface area contributed by atoms with Gasteiger partial charge in [-0.3, -0.25) is 0 Å². The first kappa shape index (κ1) is 11.7. The Balaban J connectivity index is 1.77. The number of furan rings is 1. The summed E-state index contributed by atoms with van der Waals surface area (Å²) < 4.78 is 11.0. The van der Waals surface area contributed by atoms with Gasteiger partial charge in [-0.2, -0.15) is 0 Å². The van der Waals surface area contributed by atoms with Crippen LogP contribution in [0.5, 0.6) is 0 Å². The van der Waals surface area contributed by atoms with Crippen LogP contribution in [0.25, 0.3) is 0 Å². The molecule has 1 fully saturated rings. The summed E-state index contributed by atoms with van der Waals surface area (Å²) in [6.45, 7) is 6.96. The molecule has 1 aliphatic heterocycles. The first-order valence-electron chi connectivity index (χ1n) is 6.18. The molecule has 3 nitrogen and oxygen atoms in total. The first-order chi connectivity index (χ1) is 7.79. The predicted molar refractivity (Wildman–Crippen MR) is 63.3 cm³/mol. The SMILES string of the molecule is CCc1ccc(CNC(C)C2CCOC2)o1. The lowest BCUT2D eigenvalue weighted by molar-refractivity contribution is 0.178. The van der Waals surface area contributed by atoms with E-state index in [2.05, 4.69) is 31.3 Å². The van der Waals surface area contributed by atoms with Gasteiger partial charge in [0.15, 0.2) is 0 Å². The van der Waals surface area contributed by atoms with Gasteiger partial charge in [-0.1, -0.05) is 6.92 Å². The Morgan fingerprint density at radius 2 is 2.25 bits per heavy atom. The summed E-state index contributed by atoms with van der Waals surface area (Å²) in [4.78, 5) is 0. The molecular weight excluding hydrogens is 202 g/mol. The van der Waals surface area contributed by atoms with E-state index >= 15 is 0 Å². The van der Waals surface area contributed by atoms with Crippen molar-refractivity contribution in [1.29, 1.82) is 0 Å². The molecule has 1 aliphatic rings. The van der Waals surface area contributed by atoms with E-state index in [4.69, 9.17) is 9.15 Å². The van der Waals surface area contributed by atoms with Crippen LogP contribution < -0.4 is 5.32 Å². The monoisotopic (exact) mass is 223 g/mol. The molecule has 90 valence electrons. The minimum Gasteiger partial charge on any atom is -0.465 e. The van der Waals surface area contributed by atoms with E-state index in [9.17, 15) is 0 Å². The molecule has 0 aromatic carbocycles. The van der Waals surface area contributed by atoms with Crippen molar-refractivity contribution in [3.8, 4) is 0 Å². The Morgan fingerprint density at radius 1 is 1.44 bits per heavy atom. The number of hydrogen-bond donors (Lipinski definition) is 1. The summed E-state index contributed by atoms with van der Waals surface area (Å²) in [5.41, 5.74) is 0. The maximum absolute atomic E-state index is 5.65. The van der Waals surface area contributed by atoms with Crippen LogP contribution in [0.3, 0.4) is 0 Å². The molecule has 0 spiro atoms. The quantitative estimate of drug-likeness (QED) is 0.832. The number of rotatable bonds is 5. The molecule has 0 bridgehead atoms. The van der Waals surface area contributed by atoms with E-state index < -0.39 is 0 Å². The van der Waals surface area contributed by atoms with Crippen molar-refractivity contribution in [3.63, 3.8) is 0 Å². The van der Waals surface area contributed by atoms with E-state index in [1.807, 2.05) is 0 Å². The molecular formula is C13H21NO2. The van der Waals surface area contributed by atoms with Gasteiger partial charge in [-0.15, -0.1) is 0 Å². The standard InChI is InChI=1S/C13H21NO2/c1-3-12-4-5-13(16-12)8-14-10(2)11-6-7-15-9-11/h4-5,10-11,14H,3,6-9H2,1-2H3. The van der Waals surface area contributed by atoms with Crippen LogP contribution in [-0.2, 0) is 17.7 Å². The van der Waals surface area contributed by atoms with Gasteiger partial charge < -0.3 is 14.5 Å². The average Bonchev–Trinajstić information content (AvgIpc) is 2.96. The highest BCUT2D eigenvalue weighted by atomic mass is 16.5. The second-order valence-corrected chi connectivity index (χ2v) is 4.51. The molecule has 2 unspecified atom stereocenters. The van der Waals surface area contributed by atoms with Crippen molar-refractivity contribution in [1.82, 2.24) is 5.32 Å². The third-order valence-corrected chi connectivity index (χ3v) is 3.34. The summed E-state index contributed by atoms with van der Waals surface area (Å²) in [5.74, 6) is 2.75. The Bertz CT molecular complexity index is 315. The van der Waals surface area contributed by atoms with Gasteiger partial charge in [0.1, 0.15) is 11.5 Å². The molecule has 1 aromatic rings. The van der Waals surface area contributed by atoms with Crippen LogP contribution in [0.1, 0.15) is 31.8 Å². The van der Waals surface area contributed by atoms with Gasteiger partial charge in [-0.05, 0) is 31.4 Å². The first-order valence-corrected chi connectivity index (χ1v) is 6.18. The molecule has 1 aromatic heterocycles. The average molecular weight is 223 g/mol. The number of ether oxygens (including phenoxy) is 1. The van der Waals surface area contributed by atoms with Gasteiger partial charge in [0.2, 0.25) is 0 Å². The van der Waals surface area contributed by atoms with Crippen LogP contribution in [0.15, 0.2) is 16.5 Å². The van der Waals surface area contributed by atoms with Crippen molar-refractivity contribution >= 4 is 0 Å². The van der Waals surface area contributed by atoms with E-state index in [0.29, 0.717) is 12.0 Å². The zero-order chi connectivity index (χ0) is 11.4. The third-order valence-electron chi connectivity index (χ3n) is 3.34. The molecule has 1 saturated heterocycles. The largest absolute Gasteiger partial charge is 0.465 e. The van der Waals surface area contributed by atoms with Crippen LogP contribution >= 0.6 is 0 Å². The molecule has 2 atom stereocenters. The fraction of sp³-hybridized carbons (Fsp3) is 0.692. The molecule has 1 N–H and O–H groups in total. The minimum absolute atomic E-state index is 0.498. The van der Waals surface area contributed by atoms with Crippen molar-refractivity contribution in [2.24, 2.45) is 5.92 Å². The van der Waals surface area contributed by atoms with Gasteiger partial charge in [0.05, 0.1) is 13.2 Å². The zero-order valence-electron chi connectivity index (χ0n) is 10.2. The molecule has 2 heterocycles. The van der Waals surface area contributed by atoms with E-state index in [1.165, 1.54) is 6.42 Å². The zero-order valence-corrected chi connectivity index (χ0v) is 10.2. The van der Waals surface area contributed by atoms with E-state index in [1.54, 1.807) is 0 Å². The molecule has 16 heavy (non-hydrogen) atoms. The minimum atomic E-state index is 0.498. The predicted octanol–water partition coefficient (Wildman–Crippen LogP) is 2.36. The van der Waals surface area contributed by atoms with Crippen LogP contribution in [0, 0.1) is 5.92 Å². The van der Waals surface area contributed by atoms with Gasteiger partial charge >= 0.3 is 0 Å². The van der Waals surface area contributed by atoms with Crippen LogP contribution in [0.2, 0.25) is 0 Å². The topological polar surface area (TPSA) is 34.4 Å². The van der Waals surface area contributed by atoms with Crippen LogP contribution in [-0.4, -0.2) is 19.3 Å². The Labute approximate surface area is 97.2 Å². The molecule has 0 saturated carbocycles. The second-order valence-electron chi connectivity index (χ2n) is 4.51. The molecule has 0 amide bonds. The van der Waals surface area contributed by atoms with Crippen molar-refractivity contribution < 1.29 is 9.15 Å². The summed E-state index contributed by atoms with van der Waals surface area (Å²) in [7, 11) is 0. The lowest BCUT2D eigenvalue weighted by Crippen LogP contribution is -2.33. The van der Waals surface area contributed by atoms with E-state index in [-0.39, 0.29) is 0 Å². The second kappa shape index (κ2) is 5.51. The normalized spacial score (nSPS) is 22.5. The Kier molecular flexibility index (Phi) is 4.02. The molecule has 0 aliphatic carbocycles. The Morgan fingerprint density at radius 3 is 2.88 bits per heavy atom. The number of hydrogen-bond acceptors (Lipinski definition) is 3. The lowest BCUT2D eigenvalue weighted by Gasteiger charge is -2.18. The fourth-order valence-corrected chi connectivity index (χ4v) is 2.08. The summed E-state index contributed by atoms with van der Waals surface area (Å²) in [6.07, 6.45) is 2.14. The van der Waals surface area contributed by atoms with Gasteiger partial charge in [-0.25, -0.2) is 0 Å². The molecule has 2 rings (SSSR count). The highest BCUT2D eigenvalue weighted by Crippen LogP contribution is 2.17. The fourth-order valence-electron chi connectivity index (χ4n) is 2.08. The van der Waals surface area contributed by atoms with E-state index in [0.717, 1.165) is 37.7 Å². The lowest BCUT2D eigenvalue weighted by atomic mass is 10.0. The number of nitrogens with one attached hydrogen (secondary N) is 1. The summed E-state index contributed by atoms with van der Waals surface area (Å²) >= 11 is 0. The Hall–Kier alpha value is -0.800. The van der Waals surface area contributed by atoms with Crippen molar-refractivity contribution in [2.75, 3.05) is 13.2 Å². The smallest absolute Gasteiger partial charge is 0.117 e. The van der Waals surface area contributed by atoms with Crippen LogP contribution in [0.4, 0.5) is 0 Å². The summed E-state index contributed by atoms with van der Waals surface area (Å²) in [6, 6.07) is 4.61. The highest BCUT2D eigenvalue weighted by molar-refractivity contribution is 5.06. The summed E-state index contributed by atoms with van der Waals surface area (Å²) in [5, 5.41) is 3.50. The molecule has 3 heteroatoms. The van der Waals surface area contributed by atoms with Gasteiger partial charge in [0, 0.05) is 19.1 Å². The van der Waals surface area contributed by atoms with Crippen molar-refractivity contribution in [3.05, 3.63) is 23.7 Å². The van der Waals surface area contributed by atoms with Gasteiger partial charge in [0.25, 0.3) is 0 Å². The maximum Gasteiger partial charge on any atom is 0.117 e. The third kappa shape index (κ3) is 2.86. The van der Waals surface area contributed by atoms with Crippen molar-refractivity contribution in [2.45, 2.75) is 39.3 Å². The molecule has 0 radical (unpaired) electrons. The maximum atomic E-state index is 5.65. The number of aryl methyl sites for hydroxylation is 1.